The molecule has 1 aliphatic heterocycles. The molecule has 1 N–H and O–H groups in total. The van der Waals surface area contributed by atoms with Crippen LogP contribution < -0.4 is 5.32 Å². The van der Waals surface area contributed by atoms with Crippen LogP contribution in [-0.2, 0) is 4.74 Å². The van der Waals surface area contributed by atoms with Crippen molar-refractivity contribution in [2.45, 2.75) is 19.9 Å². The molecule has 0 aliphatic carbocycles. The van der Waals surface area contributed by atoms with Gasteiger partial charge in [-0.05, 0) is 38.1 Å². The first-order valence-corrected chi connectivity index (χ1v) is 9.47. The number of hydrogen-bond donors (Lipinski definition) is 1. The van der Waals surface area contributed by atoms with E-state index < -0.39 is 5.91 Å². The van der Waals surface area contributed by atoms with Gasteiger partial charge in [0.05, 0.1) is 19.3 Å². The Kier molecular flexibility index (Phi) is 5.59. The van der Waals surface area contributed by atoms with Gasteiger partial charge in [0.25, 0.3) is 5.91 Å². The molecule has 9 heteroatoms. The number of morpholine rings is 1. The van der Waals surface area contributed by atoms with Crippen molar-refractivity contribution in [2.24, 2.45) is 0 Å². The third-order valence-corrected chi connectivity index (χ3v) is 4.72. The molecule has 1 saturated heterocycles. The number of aryl methyl sites for hydroxylation is 1. The van der Waals surface area contributed by atoms with Gasteiger partial charge in [0, 0.05) is 19.3 Å². The van der Waals surface area contributed by atoms with Gasteiger partial charge in [-0.2, -0.15) is 9.97 Å². The molecule has 9 nitrogen and oxygen atoms in total. The molecule has 150 valence electrons. The first-order valence-electron chi connectivity index (χ1n) is 9.47. The van der Waals surface area contributed by atoms with E-state index >= 15 is 0 Å². The van der Waals surface area contributed by atoms with Gasteiger partial charge < -0.3 is 9.15 Å². The maximum absolute atomic E-state index is 12.6. The maximum Gasteiger partial charge on any atom is 0.293 e. The lowest BCUT2D eigenvalue weighted by Crippen LogP contribution is -2.37. The minimum atomic E-state index is -0.414. The topological polar surface area (TPSA) is 106 Å². The van der Waals surface area contributed by atoms with Crippen LogP contribution in [0.1, 0.15) is 35.1 Å². The molecular formula is C20H22N6O3. The van der Waals surface area contributed by atoms with Crippen molar-refractivity contribution in [3.05, 3.63) is 53.9 Å². The highest BCUT2D eigenvalue weighted by atomic mass is 16.5. The molecule has 0 bridgehead atoms. The van der Waals surface area contributed by atoms with Crippen molar-refractivity contribution in [1.82, 2.24) is 24.8 Å². The predicted octanol–water partition coefficient (Wildman–Crippen LogP) is 2.48. The number of carbonyl (C=O) groups is 1. The third kappa shape index (κ3) is 4.47. The molecule has 1 amide bonds. The second-order valence-corrected chi connectivity index (χ2v) is 6.73. The van der Waals surface area contributed by atoms with E-state index in [1.807, 2.05) is 18.2 Å². The number of nitrogens with zero attached hydrogens (tertiary/aromatic N) is 5. The van der Waals surface area contributed by atoms with Crippen LogP contribution in [0.4, 0.5) is 5.95 Å². The summed E-state index contributed by atoms with van der Waals surface area (Å²) in [6.45, 7) is 6.87. The third-order valence-electron chi connectivity index (χ3n) is 4.72. The van der Waals surface area contributed by atoms with Crippen molar-refractivity contribution in [2.75, 3.05) is 31.6 Å². The zero-order valence-corrected chi connectivity index (χ0v) is 16.3. The molecular weight excluding hydrogens is 372 g/mol. The summed E-state index contributed by atoms with van der Waals surface area (Å²) in [5.74, 6) is 1.56. The Bertz CT molecular complexity index is 985. The lowest BCUT2D eigenvalue weighted by Gasteiger charge is -2.31. The number of hydrogen-bond acceptors (Lipinski definition) is 8. The van der Waals surface area contributed by atoms with E-state index in [2.05, 4.69) is 37.1 Å². The highest BCUT2D eigenvalue weighted by Gasteiger charge is 2.23. The molecule has 0 spiro atoms. The molecule has 1 atom stereocenters. The van der Waals surface area contributed by atoms with Crippen LogP contribution in [0.15, 0.2) is 40.9 Å². The van der Waals surface area contributed by atoms with E-state index in [0.717, 1.165) is 18.8 Å². The number of nitrogens with one attached hydrogen (secondary N) is 1. The first kappa shape index (κ1) is 19.2. The molecule has 4 rings (SSSR count). The van der Waals surface area contributed by atoms with Gasteiger partial charge in [-0.3, -0.25) is 20.0 Å². The standard InChI is InChI=1S/C20H22N6O3/c1-13(26-9-11-28-12-10-26)16-6-7-17(29-16)19(27)25-20-23-14(2)22-18(24-20)15-5-3-4-8-21-15/h3-8,13H,9-12H2,1-2H3,(H,22,23,24,25,27). The Morgan fingerprint density at radius 2 is 1.97 bits per heavy atom. The Morgan fingerprint density at radius 1 is 1.14 bits per heavy atom. The average molecular weight is 394 g/mol. The Morgan fingerprint density at radius 3 is 2.72 bits per heavy atom. The Hall–Kier alpha value is -3.17. The van der Waals surface area contributed by atoms with Crippen LogP contribution in [0.5, 0.6) is 0 Å². The first-order chi connectivity index (χ1) is 14.1. The molecule has 0 saturated carbocycles. The molecule has 0 aromatic carbocycles. The van der Waals surface area contributed by atoms with Crippen LogP contribution in [0.25, 0.3) is 11.5 Å². The fraction of sp³-hybridized carbons (Fsp3) is 0.350. The smallest absolute Gasteiger partial charge is 0.293 e. The van der Waals surface area contributed by atoms with Crippen molar-refractivity contribution in [3.8, 4) is 11.5 Å². The number of furan rings is 1. The van der Waals surface area contributed by atoms with Crippen LogP contribution in [0, 0.1) is 6.92 Å². The Balaban J connectivity index is 1.48. The zero-order chi connectivity index (χ0) is 20.2. The van der Waals surface area contributed by atoms with E-state index in [4.69, 9.17) is 9.15 Å². The number of amides is 1. The summed E-state index contributed by atoms with van der Waals surface area (Å²) in [5, 5.41) is 2.68. The van der Waals surface area contributed by atoms with Crippen LogP contribution >= 0.6 is 0 Å². The van der Waals surface area contributed by atoms with Gasteiger partial charge in [-0.25, -0.2) is 4.98 Å². The largest absolute Gasteiger partial charge is 0.454 e. The van der Waals surface area contributed by atoms with Gasteiger partial charge in [-0.15, -0.1) is 0 Å². The van der Waals surface area contributed by atoms with E-state index in [1.165, 1.54) is 0 Å². The summed E-state index contributed by atoms with van der Waals surface area (Å²) >= 11 is 0. The minimum absolute atomic E-state index is 0.0654. The maximum atomic E-state index is 12.6. The van der Waals surface area contributed by atoms with E-state index in [-0.39, 0.29) is 17.8 Å². The van der Waals surface area contributed by atoms with E-state index in [9.17, 15) is 4.79 Å². The normalized spacial score (nSPS) is 15.8. The number of rotatable bonds is 5. The van der Waals surface area contributed by atoms with Crippen molar-refractivity contribution >= 4 is 11.9 Å². The number of carbonyl (C=O) groups excluding carboxylic acids is 1. The van der Waals surface area contributed by atoms with E-state index in [0.29, 0.717) is 30.6 Å². The van der Waals surface area contributed by atoms with Crippen LogP contribution in [0.2, 0.25) is 0 Å². The fourth-order valence-electron chi connectivity index (χ4n) is 3.15. The molecule has 1 fully saturated rings. The SMILES string of the molecule is Cc1nc(NC(=O)c2ccc(C(C)N3CCOCC3)o2)nc(-c2ccccn2)n1. The fourth-order valence-corrected chi connectivity index (χ4v) is 3.15. The zero-order valence-electron chi connectivity index (χ0n) is 16.3. The van der Waals surface area contributed by atoms with Gasteiger partial charge in [0.1, 0.15) is 17.3 Å². The number of aromatic nitrogens is 4. The quantitative estimate of drug-likeness (QED) is 0.703. The second kappa shape index (κ2) is 8.46. The highest BCUT2D eigenvalue weighted by Crippen LogP contribution is 2.23. The second-order valence-electron chi connectivity index (χ2n) is 6.73. The highest BCUT2D eigenvalue weighted by molar-refractivity contribution is 6.01. The lowest BCUT2D eigenvalue weighted by molar-refractivity contribution is 0.0155. The predicted molar refractivity (Wildman–Crippen MR) is 105 cm³/mol. The van der Waals surface area contributed by atoms with Gasteiger partial charge in [0.15, 0.2) is 11.6 Å². The van der Waals surface area contributed by atoms with Crippen LogP contribution in [0.3, 0.4) is 0 Å². The van der Waals surface area contributed by atoms with E-state index in [1.54, 1.807) is 25.3 Å². The molecule has 0 radical (unpaired) electrons. The van der Waals surface area contributed by atoms with Gasteiger partial charge >= 0.3 is 0 Å². The minimum Gasteiger partial charge on any atom is -0.454 e. The summed E-state index contributed by atoms with van der Waals surface area (Å²) in [6.07, 6.45) is 1.66. The summed E-state index contributed by atoms with van der Waals surface area (Å²) in [7, 11) is 0. The molecule has 3 aromatic heterocycles. The molecule has 4 heterocycles. The average Bonchev–Trinajstić information content (AvgIpc) is 3.24. The monoisotopic (exact) mass is 394 g/mol. The Labute approximate surface area is 168 Å². The van der Waals surface area contributed by atoms with Crippen molar-refractivity contribution in [1.29, 1.82) is 0 Å². The van der Waals surface area contributed by atoms with Gasteiger partial charge in [-0.1, -0.05) is 6.07 Å². The molecule has 1 aliphatic rings. The van der Waals surface area contributed by atoms with Crippen LogP contribution in [-0.4, -0.2) is 57.0 Å². The molecule has 3 aromatic rings. The summed E-state index contributed by atoms with van der Waals surface area (Å²) in [5.41, 5.74) is 0.605. The molecule has 29 heavy (non-hydrogen) atoms. The van der Waals surface area contributed by atoms with Gasteiger partial charge in [0.2, 0.25) is 5.95 Å². The number of anilines is 1. The summed E-state index contributed by atoms with van der Waals surface area (Å²) < 4.78 is 11.2. The number of ether oxygens (including phenoxy) is 1. The summed E-state index contributed by atoms with van der Waals surface area (Å²) in [6, 6.07) is 9.01. The number of pyridine rings is 1. The van der Waals surface area contributed by atoms with Crippen molar-refractivity contribution < 1.29 is 13.9 Å². The van der Waals surface area contributed by atoms with Crippen molar-refractivity contribution in [3.63, 3.8) is 0 Å². The summed E-state index contributed by atoms with van der Waals surface area (Å²) in [4.78, 5) is 31.9. The lowest BCUT2D eigenvalue weighted by atomic mass is 10.2. The molecule has 1 unspecified atom stereocenters.